The van der Waals surface area contributed by atoms with Gasteiger partial charge in [-0.1, -0.05) is 148 Å². The van der Waals surface area contributed by atoms with Gasteiger partial charge in [0.25, 0.3) is 0 Å². The van der Waals surface area contributed by atoms with Gasteiger partial charge in [-0.15, -0.1) is 0 Å². The van der Waals surface area contributed by atoms with Gasteiger partial charge in [-0.2, -0.15) is 0 Å². The summed E-state index contributed by atoms with van der Waals surface area (Å²) in [7, 11) is 0. The molecule has 1 amide bonds. The molecule has 1 unspecified atom stereocenters. The number of hydrogen-bond acceptors (Lipinski definition) is 2. The fourth-order valence-electron chi connectivity index (χ4n) is 5.66. The van der Waals surface area contributed by atoms with Crippen molar-refractivity contribution in [3.63, 3.8) is 0 Å². The van der Waals surface area contributed by atoms with Gasteiger partial charge >= 0.3 is 5.97 Å². The van der Waals surface area contributed by atoms with Crippen molar-refractivity contribution in [2.24, 2.45) is 5.41 Å². The zero-order chi connectivity index (χ0) is 27.0. The van der Waals surface area contributed by atoms with Crippen LogP contribution in [-0.4, -0.2) is 35.0 Å². The summed E-state index contributed by atoms with van der Waals surface area (Å²) in [4.78, 5) is 28.0. The predicted octanol–water partition coefficient (Wildman–Crippen LogP) is 9.86. The van der Waals surface area contributed by atoms with Crippen molar-refractivity contribution in [2.75, 3.05) is 13.1 Å². The highest BCUT2D eigenvalue weighted by Crippen LogP contribution is 2.33. The lowest BCUT2D eigenvalue weighted by Gasteiger charge is -2.32. The molecule has 1 aliphatic carbocycles. The van der Waals surface area contributed by atoms with E-state index in [1.165, 1.54) is 103 Å². The van der Waals surface area contributed by atoms with Gasteiger partial charge in [0.2, 0.25) is 5.91 Å². The van der Waals surface area contributed by atoms with Crippen LogP contribution in [0.4, 0.5) is 0 Å². The Morgan fingerprint density at radius 2 is 1.05 bits per heavy atom. The van der Waals surface area contributed by atoms with Gasteiger partial charge in [-0.3, -0.25) is 9.59 Å². The molecule has 4 nitrogen and oxygen atoms in total. The standard InChI is InChI=1S/C33H61NO3/c1-3-5-7-9-11-13-15-17-21-25-29-34(30-26-22-18-16-14-12-10-8-6-4-2)31(35)33(32(36)37)27-23-19-20-24-28-33/h23,27H,3-22,24-26,28-30H2,1-2H3,(H,36,37). The quantitative estimate of drug-likeness (QED) is 0.0784. The van der Waals surface area contributed by atoms with Gasteiger partial charge in [-0.05, 0) is 32.1 Å². The third-order valence-electron chi connectivity index (χ3n) is 8.21. The Kier molecular flexibility index (Phi) is 20.6. The normalized spacial score (nSPS) is 17.6. The summed E-state index contributed by atoms with van der Waals surface area (Å²) in [6.07, 6.45) is 32.0. The topological polar surface area (TPSA) is 57.6 Å². The first-order valence-electron chi connectivity index (χ1n) is 16.3. The van der Waals surface area contributed by atoms with Crippen LogP contribution in [0.1, 0.15) is 168 Å². The number of unbranched alkanes of at least 4 members (excludes halogenated alkanes) is 18. The minimum Gasteiger partial charge on any atom is -0.480 e. The Hall–Kier alpha value is -1.32. The number of carboxylic acids is 1. The summed E-state index contributed by atoms with van der Waals surface area (Å²) in [6, 6.07) is 0. The maximum Gasteiger partial charge on any atom is 0.323 e. The largest absolute Gasteiger partial charge is 0.480 e. The van der Waals surface area contributed by atoms with E-state index in [1.54, 1.807) is 6.08 Å². The molecule has 0 aromatic heterocycles. The zero-order valence-electron chi connectivity index (χ0n) is 24.8. The van der Waals surface area contributed by atoms with Gasteiger partial charge in [0, 0.05) is 13.1 Å². The number of carboxylic acid groups (broad SMARTS) is 1. The number of hydrogen-bond donors (Lipinski definition) is 1. The minimum absolute atomic E-state index is 0.162. The molecule has 1 rings (SSSR count). The lowest BCUT2D eigenvalue weighted by molar-refractivity contribution is -0.157. The molecule has 0 aromatic rings. The molecule has 0 fully saturated rings. The van der Waals surface area contributed by atoms with E-state index < -0.39 is 11.4 Å². The number of carbonyl (C=O) groups excluding carboxylic acids is 1. The number of aliphatic carboxylic acids is 1. The molecule has 0 saturated heterocycles. The lowest BCUT2D eigenvalue weighted by atomic mass is 9.81. The Labute approximate surface area is 230 Å². The third-order valence-corrected chi connectivity index (χ3v) is 8.21. The monoisotopic (exact) mass is 519 g/mol. The van der Waals surface area contributed by atoms with E-state index in [4.69, 9.17) is 0 Å². The highest BCUT2D eigenvalue weighted by Gasteiger charge is 2.46. The molecule has 0 radical (unpaired) electrons. The molecular formula is C33H61NO3. The van der Waals surface area contributed by atoms with Crippen LogP contribution in [0.2, 0.25) is 0 Å². The molecule has 0 aliphatic heterocycles. The number of allylic oxidation sites excluding steroid dienone is 1. The molecule has 4 heteroatoms. The fourth-order valence-corrected chi connectivity index (χ4v) is 5.66. The molecule has 1 atom stereocenters. The summed E-state index contributed by atoms with van der Waals surface area (Å²) >= 11 is 0. The van der Waals surface area contributed by atoms with Crippen molar-refractivity contribution in [1.29, 1.82) is 0 Å². The molecule has 37 heavy (non-hydrogen) atoms. The molecule has 0 spiro atoms. The zero-order valence-corrected chi connectivity index (χ0v) is 24.8. The average molecular weight is 520 g/mol. The van der Waals surface area contributed by atoms with Crippen molar-refractivity contribution in [3.05, 3.63) is 12.2 Å². The second-order valence-electron chi connectivity index (χ2n) is 11.6. The first kappa shape index (κ1) is 33.7. The van der Waals surface area contributed by atoms with E-state index in [0.717, 1.165) is 44.9 Å². The van der Waals surface area contributed by atoms with E-state index in [-0.39, 0.29) is 5.91 Å². The highest BCUT2D eigenvalue weighted by molar-refractivity contribution is 6.04. The molecule has 216 valence electrons. The van der Waals surface area contributed by atoms with E-state index in [9.17, 15) is 14.7 Å². The van der Waals surface area contributed by atoms with Crippen LogP contribution in [0.25, 0.3) is 0 Å². The molecule has 0 heterocycles. The molecule has 1 N–H and O–H groups in total. The van der Waals surface area contributed by atoms with Crippen LogP contribution in [-0.2, 0) is 9.59 Å². The summed E-state index contributed by atoms with van der Waals surface area (Å²) in [5.41, 5.74) is -1.35. The van der Waals surface area contributed by atoms with Crippen LogP contribution in [0.5, 0.6) is 0 Å². The summed E-state index contributed by atoms with van der Waals surface area (Å²) in [5, 5.41) is 10.1. The van der Waals surface area contributed by atoms with Gasteiger partial charge in [-0.25, -0.2) is 0 Å². The Morgan fingerprint density at radius 3 is 1.46 bits per heavy atom. The molecule has 1 aliphatic rings. The molecular weight excluding hydrogens is 458 g/mol. The highest BCUT2D eigenvalue weighted by atomic mass is 16.4. The van der Waals surface area contributed by atoms with Crippen molar-refractivity contribution in [2.45, 2.75) is 168 Å². The average Bonchev–Trinajstić information content (AvgIpc) is 3.16. The van der Waals surface area contributed by atoms with E-state index in [1.807, 2.05) is 11.0 Å². The molecule has 0 aromatic carbocycles. The number of nitrogens with zero attached hydrogens (tertiary/aromatic N) is 1. The first-order chi connectivity index (χ1) is 18.1. The first-order valence-corrected chi connectivity index (χ1v) is 16.3. The molecule has 0 saturated carbocycles. The Balaban J connectivity index is 2.48. The van der Waals surface area contributed by atoms with Gasteiger partial charge in [0.05, 0.1) is 0 Å². The summed E-state index contributed by atoms with van der Waals surface area (Å²) in [5.74, 6) is -1.13. The lowest BCUT2D eigenvalue weighted by Crippen LogP contribution is -2.48. The number of rotatable bonds is 24. The summed E-state index contributed by atoms with van der Waals surface area (Å²) < 4.78 is 0. The van der Waals surface area contributed by atoms with E-state index in [0.29, 0.717) is 19.5 Å². The van der Waals surface area contributed by atoms with Crippen LogP contribution in [0.3, 0.4) is 0 Å². The third kappa shape index (κ3) is 15.0. The van der Waals surface area contributed by atoms with Crippen LogP contribution in [0.15, 0.2) is 12.2 Å². The second kappa shape index (κ2) is 22.6. The van der Waals surface area contributed by atoms with Crippen molar-refractivity contribution < 1.29 is 14.7 Å². The fraction of sp³-hybridized carbons (Fsp3) is 0.879. The van der Waals surface area contributed by atoms with Crippen molar-refractivity contribution in [1.82, 2.24) is 4.90 Å². The number of amides is 1. The van der Waals surface area contributed by atoms with Gasteiger partial charge in [0.15, 0.2) is 5.41 Å². The van der Waals surface area contributed by atoms with Gasteiger partial charge < -0.3 is 10.0 Å². The smallest absolute Gasteiger partial charge is 0.323 e. The summed E-state index contributed by atoms with van der Waals surface area (Å²) in [6.45, 7) is 5.93. The van der Waals surface area contributed by atoms with Crippen LogP contribution >= 0.6 is 0 Å². The predicted molar refractivity (Wildman–Crippen MR) is 158 cm³/mol. The van der Waals surface area contributed by atoms with Crippen molar-refractivity contribution in [3.8, 4) is 0 Å². The van der Waals surface area contributed by atoms with E-state index in [2.05, 4.69) is 13.8 Å². The number of carbonyl (C=O) groups is 2. The minimum atomic E-state index is -1.35. The Bertz CT molecular complexity index is 578. The molecule has 0 bridgehead atoms. The maximum atomic E-state index is 13.7. The maximum absolute atomic E-state index is 13.7. The van der Waals surface area contributed by atoms with Crippen molar-refractivity contribution >= 4 is 11.9 Å². The second-order valence-corrected chi connectivity index (χ2v) is 11.6. The Morgan fingerprint density at radius 1 is 0.649 bits per heavy atom. The van der Waals surface area contributed by atoms with Crippen LogP contribution < -0.4 is 0 Å². The van der Waals surface area contributed by atoms with Crippen LogP contribution in [0, 0.1) is 5.41 Å². The van der Waals surface area contributed by atoms with Gasteiger partial charge in [0.1, 0.15) is 0 Å². The van der Waals surface area contributed by atoms with E-state index >= 15 is 0 Å². The SMILES string of the molecule is CCCCCCCCCCCCN(CCCCCCCCCCCC)C(=O)C1(C(=O)O)C=CCCCC1.